The van der Waals surface area contributed by atoms with Crippen molar-refractivity contribution in [3.05, 3.63) is 48.5 Å². The first kappa shape index (κ1) is 22.9. The summed E-state index contributed by atoms with van der Waals surface area (Å²) < 4.78 is 18.1. The largest absolute Gasteiger partial charge is 0.497 e. The second kappa shape index (κ2) is 13.7. The summed E-state index contributed by atoms with van der Waals surface area (Å²) in [7, 11) is 1.66. The monoisotopic (exact) mass is 403 g/mol. The third-order valence-electron chi connectivity index (χ3n) is 4.53. The molecule has 1 atom stereocenters. The summed E-state index contributed by atoms with van der Waals surface area (Å²) in [6.07, 6.45) is 8.92. The Morgan fingerprint density at radius 1 is 1.21 bits per heavy atom. The van der Waals surface area contributed by atoms with Crippen LogP contribution in [0.5, 0.6) is 5.75 Å². The van der Waals surface area contributed by atoms with Crippen molar-refractivity contribution in [1.82, 2.24) is 14.9 Å². The quantitative estimate of drug-likeness (QED) is 0.364. The number of imidazole rings is 1. The van der Waals surface area contributed by atoms with Crippen LogP contribution in [0.4, 0.5) is 0 Å². The topological polar surface area (TPSA) is 74.6 Å². The standard InChI is InChI=1S/C22H33N3O4/c1-3-29-22(26)7-5-4-6-12-24-20(15-25-14-13-23-18-25)17-28-16-19-8-10-21(27-2)11-9-19/h8-11,13-14,18,20,24H,3-7,12,15-17H2,1-2H3. The smallest absolute Gasteiger partial charge is 0.305 e. The summed E-state index contributed by atoms with van der Waals surface area (Å²) in [5.41, 5.74) is 1.12. The Hall–Kier alpha value is -2.38. The minimum atomic E-state index is -0.106. The average molecular weight is 404 g/mol. The highest BCUT2D eigenvalue weighted by molar-refractivity contribution is 5.69. The fourth-order valence-electron chi connectivity index (χ4n) is 2.98. The molecule has 0 saturated heterocycles. The van der Waals surface area contributed by atoms with Crippen LogP contribution < -0.4 is 10.1 Å². The van der Waals surface area contributed by atoms with Crippen molar-refractivity contribution in [2.24, 2.45) is 0 Å². The normalized spacial score (nSPS) is 11.9. The number of ether oxygens (including phenoxy) is 3. The second-order valence-electron chi connectivity index (χ2n) is 6.89. The molecule has 0 aliphatic carbocycles. The van der Waals surface area contributed by atoms with E-state index >= 15 is 0 Å². The first-order valence-corrected chi connectivity index (χ1v) is 10.3. The number of unbranched alkanes of at least 4 members (excludes halogenated alkanes) is 2. The molecule has 2 rings (SSSR count). The van der Waals surface area contributed by atoms with Crippen molar-refractivity contribution < 1.29 is 19.0 Å². The van der Waals surface area contributed by atoms with Crippen LogP contribution in [0.1, 0.15) is 38.2 Å². The van der Waals surface area contributed by atoms with Gasteiger partial charge in [-0.25, -0.2) is 4.98 Å². The molecule has 0 radical (unpaired) electrons. The molecular weight excluding hydrogens is 370 g/mol. The van der Waals surface area contributed by atoms with Crippen LogP contribution in [0, 0.1) is 0 Å². The number of nitrogens with zero attached hydrogens (tertiary/aromatic N) is 2. The first-order chi connectivity index (χ1) is 14.2. The van der Waals surface area contributed by atoms with Gasteiger partial charge in [0.05, 0.1) is 33.3 Å². The van der Waals surface area contributed by atoms with Crippen LogP contribution in [0.25, 0.3) is 0 Å². The van der Waals surface area contributed by atoms with Crippen molar-refractivity contribution in [2.75, 3.05) is 26.9 Å². The van der Waals surface area contributed by atoms with Gasteiger partial charge in [0.2, 0.25) is 0 Å². The molecule has 2 aromatic rings. The van der Waals surface area contributed by atoms with Gasteiger partial charge in [0.15, 0.2) is 0 Å². The molecule has 7 heteroatoms. The van der Waals surface area contributed by atoms with Gasteiger partial charge in [0.25, 0.3) is 0 Å². The van der Waals surface area contributed by atoms with Crippen LogP contribution in [0.2, 0.25) is 0 Å². The van der Waals surface area contributed by atoms with Gasteiger partial charge in [0, 0.05) is 31.4 Å². The first-order valence-electron chi connectivity index (χ1n) is 10.3. The predicted molar refractivity (Wildman–Crippen MR) is 112 cm³/mol. The van der Waals surface area contributed by atoms with Gasteiger partial charge >= 0.3 is 5.97 Å². The highest BCUT2D eigenvalue weighted by atomic mass is 16.5. The lowest BCUT2D eigenvalue weighted by molar-refractivity contribution is -0.143. The van der Waals surface area contributed by atoms with Crippen molar-refractivity contribution in [3.63, 3.8) is 0 Å². The van der Waals surface area contributed by atoms with Gasteiger partial charge in [0.1, 0.15) is 5.75 Å². The summed E-state index contributed by atoms with van der Waals surface area (Å²) in [6, 6.07) is 8.10. The van der Waals surface area contributed by atoms with Crippen molar-refractivity contribution in [2.45, 2.75) is 51.8 Å². The summed E-state index contributed by atoms with van der Waals surface area (Å²) >= 11 is 0. The van der Waals surface area contributed by atoms with Gasteiger partial charge in [-0.05, 0) is 44.0 Å². The molecule has 0 fully saturated rings. The molecule has 1 aromatic carbocycles. The van der Waals surface area contributed by atoms with E-state index in [4.69, 9.17) is 14.2 Å². The van der Waals surface area contributed by atoms with Crippen LogP contribution in [0.15, 0.2) is 43.0 Å². The molecular formula is C22H33N3O4. The predicted octanol–water partition coefficient (Wildman–Crippen LogP) is 3.19. The van der Waals surface area contributed by atoms with E-state index in [-0.39, 0.29) is 12.0 Å². The molecule has 0 spiro atoms. The Bertz CT molecular complexity index is 674. The van der Waals surface area contributed by atoms with E-state index in [0.29, 0.717) is 26.2 Å². The zero-order chi connectivity index (χ0) is 20.7. The fraction of sp³-hybridized carbons (Fsp3) is 0.545. The molecule has 0 aliphatic rings. The van der Waals surface area contributed by atoms with Crippen LogP contribution in [-0.2, 0) is 27.4 Å². The fourth-order valence-corrected chi connectivity index (χ4v) is 2.98. The number of hydrogen-bond donors (Lipinski definition) is 1. The molecule has 160 valence electrons. The average Bonchev–Trinajstić information content (AvgIpc) is 3.24. The Labute approximate surface area is 173 Å². The third-order valence-corrected chi connectivity index (χ3v) is 4.53. The number of methoxy groups -OCH3 is 1. The number of esters is 1. The highest BCUT2D eigenvalue weighted by Crippen LogP contribution is 2.12. The Morgan fingerprint density at radius 3 is 2.72 bits per heavy atom. The molecule has 0 amide bonds. The Morgan fingerprint density at radius 2 is 2.03 bits per heavy atom. The van der Waals surface area contributed by atoms with Gasteiger partial charge < -0.3 is 24.1 Å². The molecule has 0 bridgehead atoms. The number of rotatable bonds is 15. The Kier molecular flexibility index (Phi) is 10.9. The zero-order valence-corrected chi connectivity index (χ0v) is 17.5. The maximum atomic E-state index is 11.4. The van der Waals surface area contributed by atoms with Crippen LogP contribution in [-0.4, -0.2) is 48.4 Å². The number of nitrogens with one attached hydrogen (secondary N) is 1. The Balaban J connectivity index is 1.69. The molecule has 7 nitrogen and oxygen atoms in total. The third kappa shape index (κ3) is 9.58. The lowest BCUT2D eigenvalue weighted by atomic mass is 10.2. The van der Waals surface area contributed by atoms with Crippen molar-refractivity contribution in [1.29, 1.82) is 0 Å². The van der Waals surface area contributed by atoms with E-state index in [1.807, 2.05) is 43.7 Å². The number of carbonyl (C=O) groups is 1. The van der Waals surface area contributed by atoms with E-state index < -0.39 is 0 Å². The lowest BCUT2D eigenvalue weighted by Crippen LogP contribution is -2.37. The lowest BCUT2D eigenvalue weighted by Gasteiger charge is -2.19. The minimum absolute atomic E-state index is 0.106. The van der Waals surface area contributed by atoms with Gasteiger partial charge in [-0.3, -0.25) is 4.79 Å². The molecule has 1 heterocycles. The highest BCUT2D eigenvalue weighted by Gasteiger charge is 2.10. The van der Waals surface area contributed by atoms with Crippen molar-refractivity contribution in [3.8, 4) is 5.75 Å². The molecule has 1 unspecified atom stereocenters. The second-order valence-corrected chi connectivity index (χ2v) is 6.89. The van der Waals surface area contributed by atoms with Crippen LogP contribution >= 0.6 is 0 Å². The van der Waals surface area contributed by atoms with Gasteiger partial charge in [-0.1, -0.05) is 18.6 Å². The number of aromatic nitrogens is 2. The molecule has 29 heavy (non-hydrogen) atoms. The number of hydrogen-bond acceptors (Lipinski definition) is 6. The van der Waals surface area contributed by atoms with E-state index in [0.717, 1.165) is 43.7 Å². The summed E-state index contributed by atoms with van der Waals surface area (Å²) in [6.45, 7) is 5.13. The molecule has 1 aromatic heterocycles. The van der Waals surface area contributed by atoms with Crippen LogP contribution in [0.3, 0.4) is 0 Å². The maximum Gasteiger partial charge on any atom is 0.305 e. The molecule has 0 saturated carbocycles. The van der Waals surface area contributed by atoms with E-state index in [1.54, 1.807) is 13.3 Å². The van der Waals surface area contributed by atoms with Crippen molar-refractivity contribution >= 4 is 5.97 Å². The summed E-state index contributed by atoms with van der Waals surface area (Å²) in [4.78, 5) is 15.5. The SMILES string of the molecule is CCOC(=O)CCCCCNC(COCc1ccc(OC)cc1)Cn1ccnc1. The van der Waals surface area contributed by atoms with Gasteiger partial charge in [-0.2, -0.15) is 0 Å². The molecule has 0 aliphatic heterocycles. The minimum Gasteiger partial charge on any atom is -0.497 e. The number of carbonyl (C=O) groups excluding carboxylic acids is 1. The number of benzene rings is 1. The molecule has 1 N–H and O–H groups in total. The van der Waals surface area contributed by atoms with Gasteiger partial charge in [-0.15, -0.1) is 0 Å². The summed E-state index contributed by atoms with van der Waals surface area (Å²) in [5, 5.41) is 3.57. The van der Waals surface area contributed by atoms with E-state index in [1.165, 1.54) is 0 Å². The zero-order valence-electron chi connectivity index (χ0n) is 17.5. The van der Waals surface area contributed by atoms with E-state index in [2.05, 4.69) is 14.9 Å². The van der Waals surface area contributed by atoms with E-state index in [9.17, 15) is 4.79 Å². The summed E-state index contributed by atoms with van der Waals surface area (Å²) in [5.74, 6) is 0.738. The maximum absolute atomic E-state index is 11.4.